The van der Waals surface area contributed by atoms with E-state index < -0.39 is 0 Å². The lowest BCUT2D eigenvalue weighted by atomic mass is 10.0. The first-order valence-corrected chi connectivity index (χ1v) is 4.59. The van der Waals surface area contributed by atoms with E-state index in [-0.39, 0.29) is 6.04 Å². The van der Waals surface area contributed by atoms with Crippen molar-refractivity contribution in [1.82, 2.24) is 0 Å². The van der Waals surface area contributed by atoms with E-state index >= 15 is 0 Å². The maximum atomic E-state index is 5.83. The number of rotatable bonds is 5. The number of hydrogen-bond donors (Lipinski definition) is 1. The number of unbranched alkanes of at least 4 members (excludes halogenated alkanes) is 1. The van der Waals surface area contributed by atoms with E-state index in [2.05, 4.69) is 32.9 Å². The van der Waals surface area contributed by atoms with E-state index in [1.54, 1.807) is 0 Å². The SMILES string of the molecule is CCC/C=C/[C@@H](N)CC(C)C. The average Bonchev–Trinajstić information content (AvgIpc) is 1.86. The molecule has 1 nitrogen and oxygen atoms in total. The summed E-state index contributed by atoms with van der Waals surface area (Å²) < 4.78 is 0. The monoisotopic (exact) mass is 155 g/mol. The van der Waals surface area contributed by atoms with Gasteiger partial charge in [0, 0.05) is 6.04 Å². The van der Waals surface area contributed by atoms with Gasteiger partial charge >= 0.3 is 0 Å². The van der Waals surface area contributed by atoms with Crippen LogP contribution in [0.2, 0.25) is 0 Å². The van der Waals surface area contributed by atoms with Gasteiger partial charge in [0.2, 0.25) is 0 Å². The zero-order chi connectivity index (χ0) is 8.69. The zero-order valence-corrected chi connectivity index (χ0v) is 8.01. The number of nitrogens with two attached hydrogens (primary N) is 1. The summed E-state index contributed by atoms with van der Waals surface area (Å²) >= 11 is 0. The Bertz CT molecular complexity index is 105. The molecule has 0 aromatic carbocycles. The van der Waals surface area contributed by atoms with Crippen molar-refractivity contribution in [2.75, 3.05) is 0 Å². The lowest BCUT2D eigenvalue weighted by Gasteiger charge is -2.08. The molecule has 0 bridgehead atoms. The van der Waals surface area contributed by atoms with Crippen LogP contribution >= 0.6 is 0 Å². The average molecular weight is 155 g/mol. The largest absolute Gasteiger partial charge is 0.324 e. The molecule has 0 aromatic rings. The van der Waals surface area contributed by atoms with Crippen molar-refractivity contribution in [2.24, 2.45) is 11.7 Å². The minimum absolute atomic E-state index is 0.265. The van der Waals surface area contributed by atoms with Crippen LogP contribution in [-0.2, 0) is 0 Å². The first-order valence-electron chi connectivity index (χ1n) is 4.59. The molecule has 0 fully saturated rings. The van der Waals surface area contributed by atoms with Crippen molar-refractivity contribution in [3.63, 3.8) is 0 Å². The summed E-state index contributed by atoms with van der Waals surface area (Å²) in [7, 11) is 0. The van der Waals surface area contributed by atoms with Gasteiger partial charge in [-0.1, -0.05) is 39.3 Å². The predicted molar refractivity (Wildman–Crippen MR) is 51.5 cm³/mol. The van der Waals surface area contributed by atoms with Crippen molar-refractivity contribution in [1.29, 1.82) is 0 Å². The first kappa shape index (κ1) is 10.7. The summed E-state index contributed by atoms with van der Waals surface area (Å²) in [5.41, 5.74) is 5.83. The summed E-state index contributed by atoms with van der Waals surface area (Å²) in [6.07, 6.45) is 7.79. The molecule has 0 amide bonds. The van der Waals surface area contributed by atoms with Gasteiger partial charge in [-0.3, -0.25) is 0 Å². The second-order valence-corrected chi connectivity index (χ2v) is 3.51. The summed E-state index contributed by atoms with van der Waals surface area (Å²) in [6, 6.07) is 0.265. The predicted octanol–water partition coefficient (Wildman–Crippen LogP) is 2.72. The van der Waals surface area contributed by atoms with Crippen molar-refractivity contribution < 1.29 is 0 Å². The fourth-order valence-corrected chi connectivity index (χ4v) is 1.06. The molecule has 0 aliphatic carbocycles. The summed E-state index contributed by atoms with van der Waals surface area (Å²) in [6.45, 7) is 6.58. The Kier molecular flexibility index (Phi) is 6.24. The molecule has 11 heavy (non-hydrogen) atoms. The quantitative estimate of drug-likeness (QED) is 0.607. The van der Waals surface area contributed by atoms with Crippen molar-refractivity contribution in [3.05, 3.63) is 12.2 Å². The van der Waals surface area contributed by atoms with Gasteiger partial charge in [-0.15, -0.1) is 0 Å². The van der Waals surface area contributed by atoms with Crippen LogP contribution in [0.4, 0.5) is 0 Å². The fourth-order valence-electron chi connectivity index (χ4n) is 1.06. The van der Waals surface area contributed by atoms with Gasteiger partial charge < -0.3 is 5.73 Å². The smallest absolute Gasteiger partial charge is 0.0226 e. The van der Waals surface area contributed by atoms with Crippen LogP contribution in [0.5, 0.6) is 0 Å². The number of hydrogen-bond acceptors (Lipinski definition) is 1. The molecule has 0 saturated carbocycles. The summed E-state index contributed by atoms with van der Waals surface area (Å²) in [5, 5.41) is 0. The number of allylic oxidation sites excluding steroid dienone is 1. The molecule has 66 valence electrons. The molecule has 0 radical (unpaired) electrons. The molecule has 0 unspecified atom stereocenters. The highest BCUT2D eigenvalue weighted by molar-refractivity contribution is 4.91. The first-order chi connectivity index (χ1) is 5.16. The minimum atomic E-state index is 0.265. The third-order valence-electron chi connectivity index (χ3n) is 1.58. The summed E-state index contributed by atoms with van der Waals surface area (Å²) in [4.78, 5) is 0. The molecule has 0 heterocycles. The van der Waals surface area contributed by atoms with E-state index in [4.69, 9.17) is 5.73 Å². The molecule has 0 rings (SSSR count). The van der Waals surface area contributed by atoms with Crippen LogP contribution in [0.3, 0.4) is 0 Å². The van der Waals surface area contributed by atoms with Crippen LogP contribution in [0.15, 0.2) is 12.2 Å². The Balaban J connectivity index is 3.42. The van der Waals surface area contributed by atoms with Gasteiger partial charge in [-0.2, -0.15) is 0 Å². The normalized spacial score (nSPS) is 14.6. The van der Waals surface area contributed by atoms with E-state index in [1.807, 2.05) is 0 Å². The maximum absolute atomic E-state index is 5.83. The lowest BCUT2D eigenvalue weighted by Crippen LogP contribution is -2.18. The van der Waals surface area contributed by atoms with E-state index in [1.165, 1.54) is 6.42 Å². The van der Waals surface area contributed by atoms with Crippen LogP contribution in [0, 0.1) is 5.92 Å². The molecular weight excluding hydrogens is 134 g/mol. The molecule has 0 aliphatic rings. The Morgan fingerprint density at radius 1 is 1.36 bits per heavy atom. The molecule has 0 aromatic heterocycles. The third kappa shape index (κ3) is 7.60. The Labute approximate surface area is 70.7 Å². The van der Waals surface area contributed by atoms with Crippen LogP contribution < -0.4 is 5.73 Å². The Hall–Kier alpha value is -0.300. The maximum Gasteiger partial charge on any atom is 0.0226 e. The van der Waals surface area contributed by atoms with Gasteiger partial charge in [0.25, 0.3) is 0 Å². The second kappa shape index (κ2) is 6.41. The van der Waals surface area contributed by atoms with E-state index in [0.717, 1.165) is 12.8 Å². The van der Waals surface area contributed by atoms with Gasteiger partial charge in [0.05, 0.1) is 0 Å². The minimum Gasteiger partial charge on any atom is -0.324 e. The Morgan fingerprint density at radius 3 is 2.45 bits per heavy atom. The van der Waals surface area contributed by atoms with Crippen LogP contribution in [0.25, 0.3) is 0 Å². The van der Waals surface area contributed by atoms with E-state index in [0.29, 0.717) is 5.92 Å². The molecule has 2 N–H and O–H groups in total. The third-order valence-corrected chi connectivity index (χ3v) is 1.58. The van der Waals surface area contributed by atoms with Crippen molar-refractivity contribution >= 4 is 0 Å². The summed E-state index contributed by atoms with van der Waals surface area (Å²) in [5.74, 6) is 0.705. The van der Waals surface area contributed by atoms with E-state index in [9.17, 15) is 0 Å². The second-order valence-electron chi connectivity index (χ2n) is 3.51. The molecule has 0 spiro atoms. The van der Waals surface area contributed by atoms with Gasteiger partial charge in [0.15, 0.2) is 0 Å². The van der Waals surface area contributed by atoms with Crippen LogP contribution in [-0.4, -0.2) is 6.04 Å². The highest BCUT2D eigenvalue weighted by Crippen LogP contribution is 2.03. The molecule has 0 saturated heterocycles. The van der Waals surface area contributed by atoms with Crippen molar-refractivity contribution in [3.8, 4) is 0 Å². The van der Waals surface area contributed by atoms with Crippen LogP contribution in [0.1, 0.15) is 40.0 Å². The molecule has 1 atom stereocenters. The Morgan fingerprint density at radius 2 is 2.00 bits per heavy atom. The topological polar surface area (TPSA) is 26.0 Å². The highest BCUT2D eigenvalue weighted by Gasteiger charge is 1.99. The standard InChI is InChI=1S/C10H21N/c1-4-5-6-7-10(11)8-9(2)3/h6-7,9-10H,4-5,8,11H2,1-3H3/b7-6+/t10-/m1/s1. The fraction of sp³-hybridized carbons (Fsp3) is 0.800. The highest BCUT2D eigenvalue weighted by atomic mass is 14.6. The molecular formula is C10H21N. The van der Waals surface area contributed by atoms with Gasteiger partial charge in [0.1, 0.15) is 0 Å². The molecule has 1 heteroatoms. The van der Waals surface area contributed by atoms with Gasteiger partial charge in [-0.05, 0) is 18.8 Å². The zero-order valence-electron chi connectivity index (χ0n) is 8.01. The lowest BCUT2D eigenvalue weighted by molar-refractivity contribution is 0.545. The molecule has 0 aliphatic heterocycles. The van der Waals surface area contributed by atoms with Crippen molar-refractivity contribution in [2.45, 2.75) is 46.1 Å². The van der Waals surface area contributed by atoms with Gasteiger partial charge in [-0.25, -0.2) is 0 Å².